The highest BCUT2D eigenvalue weighted by molar-refractivity contribution is 5.72. The lowest BCUT2D eigenvalue weighted by atomic mass is 10.1. The Balaban J connectivity index is 4.31. The van der Waals surface area contributed by atoms with Crippen molar-refractivity contribution in [1.82, 2.24) is 0 Å². The van der Waals surface area contributed by atoms with Crippen molar-refractivity contribution in [3.8, 4) is 0 Å². The summed E-state index contributed by atoms with van der Waals surface area (Å²) in [6, 6.07) is -0.617. The van der Waals surface area contributed by atoms with Crippen LogP contribution in [0.1, 0.15) is 168 Å². The predicted molar refractivity (Wildman–Crippen MR) is 229 cm³/mol. The van der Waals surface area contributed by atoms with Gasteiger partial charge in [0.25, 0.3) is 0 Å². The Labute approximate surface area is 337 Å². The van der Waals surface area contributed by atoms with Crippen LogP contribution in [0.25, 0.3) is 0 Å². The Hall–Kier alpha value is -2.97. The number of nitrogens with zero attached hydrogens (tertiary/aromatic N) is 1. The lowest BCUT2D eigenvalue weighted by molar-refractivity contribution is -0.887. The van der Waals surface area contributed by atoms with E-state index in [0.717, 1.165) is 83.5 Å². The van der Waals surface area contributed by atoms with Gasteiger partial charge in [-0.3, -0.25) is 9.59 Å². The lowest BCUT2D eigenvalue weighted by Crippen LogP contribution is -2.50. The van der Waals surface area contributed by atoms with Gasteiger partial charge >= 0.3 is 17.9 Å². The van der Waals surface area contributed by atoms with Crippen molar-refractivity contribution in [1.29, 1.82) is 0 Å². The van der Waals surface area contributed by atoms with Crippen LogP contribution in [-0.4, -0.2) is 80.6 Å². The van der Waals surface area contributed by atoms with Crippen molar-refractivity contribution in [2.24, 2.45) is 0 Å². The number of likely N-dealkylation sites (N-methyl/N-ethyl adjacent to an activating group) is 1. The van der Waals surface area contributed by atoms with Gasteiger partial charge in [0.1, 0.15) is 6.61 Å². The molecule has 2 atom stereocenters. The number of carbonyl (C=O) groups is 3. The van der Waals surface area contributed by atoms with E-state index in [0.29, 0.717) is 19.3 Å². The van der Waals surface area contributed by atoms with Crippen molar-refractivity contribution in [3.63, 3.8) is 0 Å². The SMILES string of the molecule is CC/C=C/C/C=C/C/C=C/C/C=C/C/C=C/CCCCCCCCC(=O)OC(COCCC(C(=O)O)[N+](C)(C)C)COC(=O)CCCCCCCCCCC. The van der Waals surface area contributed by atoms with Gasteiger partial charge in [-0.05, 0) is 57.8 Å². The van der Waals surface area contributed by atoms with Crippen LogP contribution in [0, 0.1) is 0 Å². The first-order valence-corrected chi connectivity index (χ1v) is 21.8. The molecule has 55 heavy (non-hydrogen) atoms. The van der Waals surface area contributed by atoms with E-state index in [1.807, 2.05) is 21.1 Å². The molecule has 0 aromatic carbocycles. The Morgan fingerprint density at radius 2 is 1.02 bits per heavy atom. The molecule has 0 aromatic heterocycles. The quantitative estimate of drug-likeness (QED) is 0.0289. The molecular weight excluding hydrogens is 691 g/mol. The van der Waals surface area contributed by atoms with E-state index in [9.17, 15) is 19.5 Å². The van der Waals surface area contributed by atoms with Gasteiger partial charge < -0.3 is 23.8 Å². The van der Waals surface area contributed by atoms with E-state index < -0.39 is 18.1 Å². The molecule has 0 aliphatic carbocycles. The first-order chi connectivity index (χ1) is 26.6. The van der Waals surface area contributed by atoms with E-state index in [4.69, 9.17) is 14.2 Å². The van der Waals surface area contributed by atoms with Gasteiger partial charge in [-0.25, -0.2) is 4.79 Å². The molecule has 0 bridgehead atoms. The van der Waals surface area contributed by atoms with E-state index >= 15 is 0 Å². The molecular formula is C47H82NO7+. The minimum Gasteiger partial charge on any atom is -0.477 e. The average molecular weight is 773 g/mol. The number of hydrogen-bond acceptors (Lipinski definition) is 6. The molecule has 0 radical (unpaired) electrons. The summed E-state index contributed by atoms with van der Waals surface area (Å²) in [5.74, 6) is -1.49. The van der Waals surface area contributed by atoms with Crippen molar-refractivity contribution < 1.29 is 38.2 Å². The van der Waals surface area contributed by atoms with Gasteiger partial charge in [0.05, 0.1) is 34.4 Å². The topological polar surface area (TPSA) is 99.1 Å². The number of aliphatic carboxylic acids is 1. The van der Waals surface area contributed by atoms with Crippen LogP contribution in [0.15, 0.2) is 60.8 Å². The zero-order valence-corrected chi connectivity index (χ0v) is 35.9. The largest absolute Gasteiger partial charge is 0.477 e. The first kappa shape index (κ1) is 52.0. The standard InChI is InChI=1S/C47H81NO7/c1-6-8-10-12-14-16-17-18-19-20-21-22-23-24-25-26-27-28-30-32-34-36-38-46(50)55-43(41-53-40-39-44(47(51)52)48(3,4)5)42-54-45(49)37-35-33-31-29-15-13-11-9-7-2/h8,10,14,16,18-19,21-22,24-25,43-44H,6-7,9,11-13,15,17,20,23,26-42H2,1-5H3/p+1/b10-8+,16-14+,19-18+,22-21+,25-24+. The number of allylic oxidation sites excluding steroid dienone is 10. The van der Waals surface area contributed by atoms with Crippen LogP contribution in [0.4, 0.5) is 0 Å². The third-order valence-corrected chi connectivity index (χ3v) is 9.43. The monoisotopic (exact) mass is 773 g/mol. The van der Waals surface area contributed by atoms with E-state index in [-0.39, 0.29) is 36.2 Å². The van der Waals surface area contributed by atoms with Gasteiger partial charge in [-0.2, -0.15) is 0 Å². The lowest BCUT2D eigenvalue weighted by Gasteiger charge is -2.31. The molecule has 0 heterocycles. The minimum absolute atomic E-state index is 0.0540. The average Bonchev–Trinajstić information content (AvgIpc) is 3.14. The fourth-order valence-corrected chi connectivity index (χ4v) is 6.06. The van der Waals surface area contributed by atoms with Gasteiger partial charge in [-0.1, -0.05) is 152 Å². The van der Waals surface area contributed by atoms with Crippen LogP contribution in [0.3, 0.4) is 0 Å². The summed E-state index contributed by atoms with van der Waals surface area (Å²) in [5, 5.41) is 9.60. The third-order valence-electron chi connectivity index (χ3n) is 9.43. The summed E-state index contributed by atoms with van der Waals surface area (Å²) >= 11 is 0. The summed E-state index contributed by atoms with van der Waals surface area (Å²) in [7, 11) is 5.51. The number of unbranched alkanes of at least 4 members (excludes halogenated alkanes) is 14. The van der Waals surface area contributed by atoms with Crippen LogP contribution in [-0.2, 0) is 28.6 Å². The molecule has 8 nitrogen and oxygen atoms in total. The zero-order chi connectivity index (χ0) is 40.7. The van der Waals surface area contributed by atoms with Crippen molar-refractivity contribution >= 4 is 17.9 Å². The molecule has 0 saturated carbocycles. The minimum atomic E-state index is -0.880. The number of carboxylic acid groups (broad SMARTS) is 1. The molecule has 0 aliphatic heterocycles. The second kappa shape index (κ2) is 37.9. The highest BCUT2D eigenvalue weighted by Crippen LogP contribution is 2.13. The maximum Gasteiger partial charge on any atom is 0.362 e. The highest BCUT2D eigenvalue weighted by Gasteiger charge is 2.31. The van der Waals surface area contributed by atoms with Gasteiger partial charge in [-0.15, -0.1) is 0 Å². The first-order valence-electron chi connectivity index (χ1n) is 21.8. The second-order valence-corrected chi connectivity index (χ2v) is 15.6. The van der Waals surface area contributed by atoms with Gasteiger partial charge in [0.2, 0.25) is 0 Å². The van der Waals surface area contributed by atoms with Gasteiger partial charge in [0, 0.05) is 19.3 Å². The zero-order valence-electron chi connectivity index (χ0n) is 35.9. The number of hydrogen-bond donors (Lipinski definition) is 1. The Morgan fingerprint density at radius 3 is 1.51 bits per heavy atom. The molecule has 0 amide bonds. The summed E-state index contributed by atoms with van der Waals surface area (Å²) in [6.45, 7) is 4.58. The second-order valence-electron chi connectivity index (χ2n) is 15.6. The van der Waals surface area contributed by atoms with E-state index in [2.05, 4.69) is 74.6 Å². The molecule has 8 heteroatoms. The Morgan fingerprint density at radius 1 is 0.564 bits per heavy atom. The molecule has 0 rings (SSSR count). The molecule has 0 saturated heterocycles. The highest BCUT2D eigenvalue weighted by atomic mass is 16.6. The molecule has 0 spiro atoms. The molecule has 1 N–H and O–H groups in total. The molecule has 0 aromatic rings. The maximum atomic E-state index is 12.7. The summed E-state index contributed by atoms with van der Waals surface area (Å²) in [5.41, 5.74) is 0. The molecule has 316 valence electrons. The number of esters is 2. The smallest absolute Gasteiger partial charge is 0.362 e. The number of ether oxygens (including phenoxy) is 3. The van der Waals surface area contributed by atoms with Crippen LogP contribution in [0.5, 0.6) is 0 Å². The summed E-state index contributed by atoms with van der Waals surface area (Å²) in [6.07, 6.45) is 45.5. The predicted octanol–water partition coefficient (Wildman–Crippen LogP) is 11.8. The molecule has 0 aliphatic rings. The number of carboxylic acids is 1. The number of quaternary nitrogens is 1. The maximum absolute atomic E-state index is 12.7. The molecule has 2 unspecified atom stereocenters. The third kappa shape index (κ3) is 36.4. The van der Waals surface area contributed by atoms with Gasteiger partial charge in [0.15, 0.2) is 12.1 Å². The van der Waals surface area contributed by atoms with Crippen molar-refractivity contribution in [3.05, 3.63) is 60.8 Å². The summed E-state index contributed by atoms with van der Waals surface area (Å²) < 4.78 is 17.2. The Kier molecular flexibility index (Phi) is 35.9. The van der Waals surface area contributed by atoms with E-state index in [1.165, 1.54) is 51.4 Å². The van der Waals surface area contributed by atoms with Crippen molar-refractivity contribution in [2.45, 2.75) is 180 Å². The van der Waals surface area contributed by atoms with Crippen LogP contribution in [0.2, 0.25) is 0 Å². The van der Waals surface area contributed by atoms with Crippen LogP contribution >= 0.6 is 0 Å². The van der Waals surface area contributed by atoms with E-state index in [1.54, 1.807) is 0 Å². The number of rotatable bonds is 38. The Bertz CT molecular complexity index is 1090. The normalized spacial score (nSPS) is 13.5. The fraction of sp³-hybridized carbons (Fsp3) is 0.723. The fourth-order valence-electron chi connectivity index (χ4n) is 6.06. The number of carbonyl (C=O) groups excluding carboxylic acids is 2. The molecule has 0 fully saturated rings. The summed E-state index contributed by atoms with van der Waals surface area (Å²) in [4.78, 5) is 36.9. The van der Waals surface area contributed by atoms with Crippen molar-refractivity contribution in [2.75, 3.05) is 41.0 Å². The van der Waals surface area contributed by atoms with Crippen LogP contribution < -0.4 is 0 Å².